The van der Waals surface area contributed by atoms with E-state index in [1.807, 2.05) is 30.3 Å². The molecule has 0 spiro atoms. The number of ether oxygens (including phenoxy) is 1. The number of amides is 2. The molecule has 2 amide bonds. The third kappa shape index (κ3) is 3.39. The Bertz CT molecular complexity index is 816. The van der Waals surface area contributed by atoms with E-state index >= 15 is 0 Å². The van der Waals surface area contributed by atoms with E-state index in [1.165, 1.54) is 0 Å². The SMILES string of the molecule is O=C1C[C@@H](C(=O)Nc2ccc(N3CCOCC3)cn2)c2ccccc2N1. The van der Waals surface area contributed by atoms with Gasteiger partial charge in [-0.1, -0.05) is 18.2 Å². The minimum Gasteiger partial charge on any atom is -0.378 e. The Morgan fingerprint density at radius 2 is 2.00 bits per heavy atom. The summed E-state index contributed by atoms with van der Waals surface area (Å²) in [6.45, 7) is 3.09. The first kappa shape index (κ1) is 16.5. The van der Waals surface area contributed by atoms with Crippen molar-refractivity contribution in [3.05, 3.63) is 48.2 Å². The van der Waals surface area contributed by atoms with E-state index < -0.39 is 5.92 Å². The third-order valence-corrected chi connectivity index (χ3v) is 4.69. The van der Waals surface area contributed by atoms with Gasteiger partial charge < -0.3 is 20.3 Å². The zero-order chi connectivity index (χ0) is 17.9. The summed E-state index contributed by atoms with van der Waals surface area (Å²) in [5, 5.41) is 5.63. The second-order valence-corrected chi connectivity index (χ2v) is 6.38. The van der Waals surface area contributed by atoms with Crippen LogP contribution in [0.15, 0.2) is 42.6 Å². The second-order valence-electron chi connectivity index (χ2n) is 6.38. The average Bonchev–Trinajstić information content (AvgIpc) is 2.68. The van der Waals surface area contributed by atoms with Gasteiger partial charge in [0, 0.05) is 25.2 Å². The van der Waals surface area contributed by atoms with Crippen LogP contribution < -0.4 is 15.5 Å². The fourth-order valence-electron chi connectivity index (χ4n) is 3.33. The van der Waals surface area contributed by atoms with Gasteiger partial charge in [0.1, 0.15) is 5.82 Å². The van der Waals surface area contributed by atoms with Crippen molar-refractivity contribution in [2.24, 2.45) is 0 Å². The maximum absolute atomic E-state index is 12.7. The van der Waals surface area contributed by atoms with Gasteiger partial charge >= 0.3 is 0 Å². The summed E-state index contributed by atoms with van der Waals surface area (Å²) in [5.41, 5.74) is 2.53. The van der Waals surface area contributed by atoms with Gasteiger partial charge in [0.2, 0.25) is 11.8 Å². The summed E-state index contributed by atoms with van der Waals surface area (Å²) in [5.74, 6) is -0.408. The van der Waals surface area contributed by atoms with Crippen LogP contribution in [0, 0.1) is 0 Å². The number of nitrogens with one attached hydrogen (secondary N) is 2. The molecule has 2 aromatic rings. The number of pyridine rings is 1. The van der Waals surface area contributed by atoms with E-state index in [0.717, 1.165) is 24.3 Å². The number of benzene rings is 1. The molecule has 0 saturated carbocycles. The fourth-order valence-corrected chi connectivity index (χ4v) is 3.33. The lowest BCUT2D eigenvalue weighted by molar-refractivity contribution is -0.123. The highest BCUT2D eigenvalue weighted by atomic mass is 16.5. The highest BCUT2D eigenvalue weighted by Crippen LogP contribution is 2.32. The fraction of sp³-hybridized carbons (Fsp3) is 0.316. The van der Waals surface area contributed by atoms with Gasteiger partial charge in [-0.25, -0.2) is 4.98 Å². The Hall–Kier alpha value is -2.93. The van der Waals surface area contributed by atoms with E-state index in [1.54, 1.807) is 12.3 Å². The predicted molar refractivity (Wildman–Crippen MR) is 98.3 cm³/mol. The van der Waals surface area contributed by atoms with Crippen LogP contribution in [0.3, 0.4) is 0 Å². The number of rotatable bonds is 3. The number of carbonyl (C=O) groups is 2. The number of morpholine rings is 1. The molecule has 1 saturated heterocycles. The largest absolute Gasteiger partial charge is 0.378 e. The Morgan fingerprint density at radius 1 is 1.19 bits per heavy atom. The van der Waals surface area contributed by atoms with Crippen LogP contribution in [0.5, 0.6) is 0 Å². The molecule has 1 aromatic carbocycles. The molecule has 0 radical (unpaired) electrons. The molecule has 7 nitrogen and oxygen atoms in total. The van der Waals surface area contributed by atoms with Gasteiger partial charge in [0.05, 0.1) is 31.0 Å². The molecular weight excluding hydrogens is 332 g/mol. The van der Waals surface area contributed by atoms with Gasteiger partial charge in [0.15, 0.2) is 0 Å². The number of para-hydroxylation sites is 1. The summed E-state index contributed by atoms with van der Waals surface area (Å²) in [6, 6.07) is 11.1. The Morgan fingerprint density at radius 3 is 2.77 bits per heavy atom. The molecule has 134 valence electrons. The molecule has 4 rings (SSSR count). The van der Waals surface area contributed by atoms with Crippen molar-refractivity contribution >= 4 is 29.0 Å². The molecule has 2 aliphatic rings. The van der Waals surface area contributed by atoms with Crippen LogP contribution in [0.2, 0.25) is 0 Å². The van der Waals surface area contributed by atoms with Crippen molar-refractivity contribution in [3.8, 4) is 0 Å². The van der Waals surface area contributed by atoms with Crippen molar-refractivity contribution in [1.29, 1.82) is 0 Å². The Kier molecular flexibility index (Phi) is 4.53. The summed E-state index contributed by atoms with van der Waals surface area (Å²) in [7, 11) is 0. The molecule has 1 atom stereocenters. The summed E-state index contributed by atoms with van der Waals surface area (Å²) in [6.07, 6.45) is 1.89. The van der Waals surface area contributed by atoms with E-state index in [4.69, 9.17) is 4.74 Å². The summed E-state index contributed by atoms with van der Waals surface area (Å²) in [4.78, 5) is 31.1. The smallest absolute Gasteiger partial charge is 0.233 e. The van der Waals surface area contributed by atoms with Crippen LogP contribution in [0.25, 0.3) is 0 Å². The number of aromatic nitrogens is 1. The minimum absolute atomic E-state index is 0.134. The predicted octanol–water partition coefficient (Wildman–Crippen LogP) is 1.98. The van der Waals surface area contributed by atoms with Crippen LogP contribution >= 0.6 is 0 Å². The lowest BCUT2D eigenvalue weighted by Gasteiger charge is -2.28. The molecule has 0 bridgehead atoms. The van der Waals surface area contributed by atoms with Crippen molar-refractivity contribution in [1.82, 2.24) is 4.98 Å². The first-order valence-corrected chi connectivity index (χ1v) is 8.69. The third-order valence-electron chi connectivity index (χ3n) is 4.69. The number of hydrogen-bond donors (Lipinski definition) is 2. The zero-order valence-corrected chi connectivity index (χ0v) is 14.3. The highest BCUT2D eigenvalue weighted by molar-refractivity contribution is 6.04. The first-order chi connectivity index (χ1) is 12.7. The van der Waals surface area contributed by atoms with Gasteiger partial charge in [-0.05, 0) is 23.8 Å². The Balaban J connectivity index is 1.47. The van der Waals surface area contributed by atoms with Crippen molar-refractivity contribution in [2.45, 2.75) is 12.3 Å². The molecule has 0 aliphatic carbocycles. The van der Waals surface area contributed by atoms with E-state index in [9.17, 15) is 9.59 Å². The number of carbonyl (C=O) groups excluding carboxylic acids is 2. The Labute approximate surface area is 151 Å². The summed E-state index contributed by atoms with van der Waals surface area (Å²) >= 11 is 0. The molecule has 26 heavy (non-hydrogen) atoms. The maximum atomic E-state index is 12.7. The normalized spacial score (nSPS) is 19.5. The van der Waals surface area contributed by atoms with Gasteiger partial charge in [-0.15, -0.1) is 0 Å². The number of anilines is 3. The molecule has 2 N–H and O–H groups in total. The molecule has 1 aromatic heterocycles. The minimum atomic E-state index is -0.513. The average molecular weight is 352 g/mol. The lowest BCUT2D eigenvalue weighted by Crippen LogP contribution is -2.36. The molecule has 3 heterocycles. The van der Waals surface area contributed by atoms with E-state index in [0.29, 0.717) is 24.7 Å². The van der Waals surface area contributed by atoms with Crippen molar-refractivity contribution < 1.29 is 14.3 Å². The number of nitrogens with zero attached hydrogens (tertiary/aromatic N) is 2. The number of fused-ring (bicyclic) bond motifs is 1. The van der Waals surface area contributed by atoms with Gasteiger partial charge in [0.25, 0.3) is 0 Å². The second kappa shape index (κ2) is 7.13. The lowest BCUT2D eigenvalue weighted by atomic mass is 9.90. The molecule has 0 unspecified atom stereocenters. The monoisotopic (exact) mass is 352 g/mol. The topological polar surface area (TPSA) is 83.6 Å². The number of hydrogen-bond acceptors (Lipinski definition) is 5. The van der Waals surface area contributed by atoms with Gasteiger partial charge in [-0.2, -0.15) is 0 Å². The first-order valence-electron chi connectivity index (χ1n) is 8.69. The van der Waals surface area contributed by atoms with E-state index in [2.05, 4.69) is 20.5 Å². The van der Waals surface area contributed by atoms with Gasteiger partial charge in [-0.3, -0.25) is 9.59 Å². The van der Waals surface area contributed by atoms with Crippen LogP contribution in [-0.4, -0.2) is 43.1 Å². The molecular formula is C19H20N4O3. The zero-order valence-electron chi connectivity index (χ0n) is 14.3. The van der Waals surface area contributed by atoms with Crippen molar-refractivity contribution in [3.63, 3.8) is 0 Å². The summed E-state index contributed by atoms with van der Waals surface area (Å²) < 4.78 is 5.35. The van der Waals surface area contributed by atoms with E-state index in [-0.39, 0.29) is 18.2 Å². The molecule has 1 fully saturated rings. The maximum Gasteiger partial charge on any atom is 0.233 e. The molecule has 2 aliphatic heterocycles. The highest BCUT2D eigenvalue weighted by Gasteiger charge is 2.30. The quantitative estimate of drug-likeness (QED) is 0.883. The molecule has 7 heteroatoms. The van der Waals surface area contributed by atoms with Crippen molar-refractivity contribution in [2.75, 3.05) is 41.8 Å². The van der Waals surface area contributed by atoms with Crippen LogP contribution in [-0.2, 0) is 14.3 Å². The van der Waals surface area contributed by atoms with Crippen LogP contribution in [0.4, 0.5) is 17.2 Å². The standard InChI is InChI=1S/C19H20N4O3/c24-18-11-15(14-3-1-2-4-16(14)21-18)19(25)22-17-6-5-13(12-20-17)23-7-9-26-10-8-23/h1-6,12,15H,7-11H2,(H,21,24)(H,20,22,25)/t15-/m1/s1. The van der Waals surface area contributed by atoms with Crippen LogP contribution in [0.1, 0.15) is 17.9 Å².